The van der Waals surface area contributed by atoms with Crippen LogP contribution in [0.3, 0.4) is 0 Å². The van der Waals surface area contributed by atoms with Crippen molar-refractivity contribution in [2.45, 2.75) is 46.1 Å². The first-order valence-corrected chi connectivity index (χ1v) is 7.13. The van der Waals surface area contributed by atoms with Crippen LogP contribution in [0.15, 0.2) is 18.2 Å². The van der Waals surface area contributed by atoms with Gasteiger partial charge < -0.3 is 10.2 Å². The number of hydrogen-bond acceptors (Lipinski definition) is 1. The minimum Gasteiger partial charge on any atom is -0.346 e. The summed E-state index contributed by atoms with van der Waals surface area (Å²) in [6.45, 7) is 7.58. The number of hydrogen-bond donors (Lipinski definition) is 1. The van der Waals surface area contributed by atoms with Gasteiger partial charge in [0.05, 0.1) is 0 Å². The lowest BCUT2D eigenvalue weighted by molar-refractivity contribution is 0.262. The highest BCUT2D eigenvalue weighted by Crippen LogP contribution is 2.20. The minimum absolute atomic E-state index is 0.560. The topological polar surface area (TPSA) is 15.3 Å². The fourth-order valence-corrected chi connectivity index (χ4v) is 2.92. The number of benzene rings is 1. The van der Waals surface area contributed by atoms with Gasteiger partial charge in [0.1, 0.15) is 0 Å². The summed E-state index contributed by atoms with van der Waals surface area (Å²) in [5, 5.41) is 4.26. The van der Waals surface area contributed by atoms with E-state index in [9.17, 15) is 0 Å². The molecule has 3 heteroatoms. The average molecular weight is 262 g/mol. The number of nitrogens with zero attached hydrogens (tertiary/aromatic N) is 1. The van der Waals surface area contributed by atoms with Crippen LogP contribution in [0.25, 0.3) is 0 Å². The Morgan fingerprint density at radius 3 is 2.78 bits per heavy atom. The molecule has 1 atom stereocenters. The maximum Gasteiger partial charge on any atom is 0.173 e. The van der Waals surface area contributed by atoms with Gasteiger partial charge in [0.2, 0.25) is 0 Å². The molecule has 0 aromatic heterocycles. The third-order valence-electron chi connectivity index (χ3n) is 3.69. The number of anilines is 1. The Morgan fingerprint density at radius 2 is 2.11 bits per heavy atom. The predicted octanol–water partition coefficient (Wildman–Crippen LogP) is 3.87. The monoisotopic (exact) mass is 262 g/mol. The second kappa shape index (κ2) is 5.70. The maximum atomic E-state index is 5.54. The van der Waals surface area contributed by atoms with Crippen LogP contribution in [0, 0.1) is 13.8 Å². The molecular formula is C15H22N2S. The van der Waals surface area contributed by atoms with Crippen LogP contribution in [-0.2, 0) is 0 Å². The fourth-order valence-electron chi connectivity index (χ4n) is 2.54. The Hall–Kier alpha value is -1.09. The second-order valence-electron chi connectivity index (χ2n) is 5.29. The zero-order chi connectivity index (χ0) is 13.1. The molecule has 1 aliphatic heterocycles. The fraction of sp³-hybridized carbons (Fsp3) is 0.533. The van der Waals surface area contributed by atoms with Gasteiger partial charge in [-0.1, -0.05) is 17.7 Å². The van der Waals surface area contributed by atoms with E-state index in [1.165, 1.54) is 30.4 Å². The van der Waals surface area contributed by atoms with Crippen LogP contribution >= 0.6 is 12.2 Å². The second-order valence-corrected chi connectivity index (χ2v) is 5.67. The van der Waals surface area contributed by atoms with Gasteiger partial charge in [0.15, 0.2) is 5.11 Å². The van der Waals surface area contributed by atoms with Gasteiger partial charge >= 0.3 is 0 Å². The predicted molar refractivity (Wildman–Crippen MR) is 82.2 cm³/mol. The summed E-state index contributed by atoms with van der Waals surface area (Å²) in [7, 11) is 0. The van der Waals surface area contributed by atoms with E-state index in [4.69, 9.17) is 12.2 Å². The zero-order valence-corrected chi connectivity index (χ0v) is 12.3. The van der Waals surface area contributed by atoms with Crippen molar-refractivity contribution in [2.24, 2.45) is 0 Å². The quantitative estimate of drug-likeness (QED) is 0.773. The Morgan fingerprint density at radius 1 is 1.33 bits per heavy atom. The van der Waals surface area contributed by atoms with E-state index in [0.29, 0.717) is 6.04 Å². The molecule has 1 N–H and O–H groups in total. The lowest BCUT2D eigenvalue weighted by atomic mass is 10.0. The van der Waals surface area contributed by atoms with Crippen LogP contribution in [0.5, 0.6) is 0 Å². The summed E-state index contributed by atoms with van der Waals surface area (Å²) in [6, 6.07) is 6.98. The van der Waals surface area contributed by atoms with Crippen molar-refractivity contribution >= 4 is 23.0 Å². The molecule has 0 amide bonds. The third kappa shape index (κ3) is 3.02. The smallest absolute Gasteiger partial charge is 0.173 e. The van der Waals surface area contributed by atoms with Crippen LogP contribution in [0.1, 0.15) is 37.3 Å². The largest absolute Gasteiger partial charge is 0.346 e. The molecule has 1 aromatic rings. The summed E-state index contributed by atoms with van der Waals surface area (Å²) < 4.78 is 0. The first-order valence-electron chi connectivity index (χ1n) is 6.73. The molecule has 0 aliphatic carbocycles. The molecule has 18 heavy (non-hydrogen) atoms. The minimum atomic E-state index is 0.560. The van der Waals surface area contributed by atoms with Crippen LogP contribution in [0.4, 0.5) is 5.69 Å². The van der Waals surface area contributed by atoms with E-state index < -0.39 is 0 Å². The highest BCUT2D eigenvalue weighted by Gasteiger charge is 2.20. The molecular weight excluding hydrogens is 240 g/mol. The number of piperidine rings is 1. The molecule has 0 saturated carbocycles. The van der Waals surface area contributed by atoms with Crippen molar-refractivity contribution in [1.82, 2.24) is 4.90 Å². The molecule has 1 aromatic carbocycles. The molecule has 98 valence electrons. The SMILES string of the molecule is Cc1ccc(NC(=S)N2CCCCC2C)c(C)c1. The van der Waals surface area contributed by atoms with Gasteiger partial charge in [-0.05, 0) is 63.9 Å². The molecule has 1 fully saturated rings. The van der Waals surface area contributed by atoms with Gasteiger partial charge in [-0.2, -0.15) is 0 Å². The highest BCUT2D eigenvalue weighted by atomic mass is 32.1. The standard InChI is InChI=1S/C15H22N2S/c1-11-7-8-14(12(2)10-11)16-15(18)17-9-5-4-6-13(17)3/h7-8,10,13H,4-6,9H2,1-3H3,(H,16,18). The summed E-state index contributed by atoms with van der Waals surface area (Å²) in [5.74, 6) is 0. The number of likely N-dealkylation sites (tertiary alicyclic amines) is 1. The number of aryl methyl sites for hydroxylation is 2. The molecule has 0 radical (unpaired) electrons. The highest BCUT2D eigenvalue weighted by molar-refractivity contribution is 7.80. The summed E-state index contributed by atoms with van der Waals surface area (Å²) >= 11 is 5.54. The van der Waals surface area contributed by atoms with E-state index in [1.807, 2.05) is 0 Å². The van der Waals surface area contributed by atoms with Crippen molar-refractivity contribution in [3.05, 3.63) is 29.3 Å². The molecule has 0 spiro atoms. The van der Waals surface area contributed by atoms with Crippen molar-refractivity contribution in [3.63, 3.8) is 0 Å². The summed E-state index contributed by atoms with van der Waals surface area (Å²) in [4.78, 5) is 2.32. The number of thiocarbonyl (C=S) groups is 1. The van der Waals surface area contributed by atoms with E-state index in [2.05, 4.69) is 49.2 Å². The number of rotatable bonds is 1. The van der Waals surface area contributed by atoms with Crippen molar-refractivity contribution in [1.29, 1.82) is 0 Å². The van der Waals surface area contributed by atoms with Gasteiger partial charge in [0, 0.05) is 18.3 Å². The first kappa shape index (κ1) is 13.3. The molecule has 1 aliphatic rings. The Balaban J connectivity index is 2.06. The molecule has 2 nitrogen and oxygen atoms in total. The molecule has 1 saturated heterocycles. The maximum absolute atomic E-state index is 5.54. The van der Waals surface area contributed by atoms with Crippen molar-refractivity contribution in [3.8, 4) is 0 Å². The third-order valence-corrected chi connectivity index (χ3v) is 4.02. The van der Waals surface area contributed by atoms with Gasteiger partial charge in [0.25, 0.3) is 0 Å². The van der Waals surface area contributed by atoms with Crippen LogP contribution in [0.2, 0.25) is 0 Å². The Labute approximate surface area is 115 Å². The number of nitrogens with one attached hydrogen (secondary N) is 1. The van der Waals surface area contributed by atoms with E-state index in [0.717, 1.165) is 17.3 Å². The molecule has 0 bridgehead atoms. The normalized spacial score (nSPS) is 19.7. The van der Waals surface area contributed by atoms with E-state index in [-0.39, 0.29) is 0 Å². The molecule has 1 unspecified atom stereocenters. The molecule has 1 heterocycles. The van der Waals surface area contributed by atoms with Gasteiger partial charge in [-0.3, -0.25) is 0 Å². The van der Waals surface area contributed by atoms with E-state index >= 15 is 0 Å². The van der Waals surface area contributed by atoms with Crippen molar-refractivity contribution < 1.29 is 0 Å². The van der Waals surface area contributed by atoms with Crippen molar-refractivity contribution in [2.75, 3.05) is 11.9 Å². The lowest BCUT2D eigenvalue weighted by Gasteiger charge is -2.35. The van der Waals surface area contributed by atoms with Gasteiger partial charge in [-0.25, -0.2) is 0 Å². The first-order chi connectivity index (χ1) is 8.58. The Bertz CT molecular complexity index is 442. The van der Waals surface area contributed by atoms with Crippen LogP contribution < -0.4 is 5.32 Å². The zero-order valence-electron chi connectivity index (χ0n) is 11.5. The summed E-state index contributed by atoms with van der Waals surface area (Å²) in [6.07, 6.45) is 3.82. The summed E-state index contributed by atoms with van der Waals surface area (Å²) in [5.41, 5.74) is 3.67. The average Bonchev–Trinajstić information content (AvgIpc) is 2.33. The van der Waals surface area contributed by atoms with Crippen LogP contribution in [-0.4, -0.2) is 22.6 Å². The molecule has 2 rings (SSSR count). The Kier molecular flexibility index (Phi) is 4.23. The lowest BCUT2D eigenvalue weighted by Crippen LogP contribution is -2.44. The van der Waals surface area contributed by atoms with Gasteiger partial charge in [-0.15, -0.1) is 0 Å². The van der Waals surface area contributed by atoms with E-state index in [1.54, 1.807) is 0 Å².